The van der Waals surface area contributed by atoms with Gasteiger partial charge >= 0.3 is 6.18 Å². The molecule has 0 saturated carbocycles. The largest absolute Gasteiger partial charge is 0.433 e. The van der Waals surface area contributed by atoms with Gasteiger partial charge in [0.15, 0.2) is 17.0 Å². The van der Waals surface area contributed by atoms with Crippen LogP contribution in [0.5, 0.6) is 0 Å². The highest BCUT2D eigenvalue weighted by Crippen LogP contribution is 2.33. The van der Waals surface area contributed by atoms with Gasteiger partial charge in [0.1, 0.15) is 5.82 Å². The molecule has 0 radical (unpaired) electrons. The van der Waals surface area contributed by atoms with Gasteiger partial charge in [-0.3, -0.25) is 4.79 Å². The van der Waals surface area contributed by atoms with Crippen LogP contribution in [0.2, 0.25) is 0 Å². The van der Waals surface area contributed by atoms with Crippen molar-refractivity contribution in [3.63, 3.8) is 0 Å². The van der Waals surface area contributed by atoms with Crippen molar-refractivity contribution in [1.82, 2.24) is 19.9 Å². The van der Waals surface area contributed by atoms with Gasteiger partial charge < -0.3 is 5.32 Å². The maximum Gasteiger partial charge on any atom is 0.433 e. The fourth-order valence-corrected chi connectivity index (χ4v) is 3.40. The predicted molar refractivity (Wildman–Crippen MR) is 98.9 cm³/mol. The van der Waals surface area contributed by atoms with E-state index in [1.54, 1.807) is 17.5 Å². The summed E-state index contributed by atoms with van der Waals surface area (Å²) in [6, 6.07) is 11.0. The lowest BCUT2D eigenvalue weighted by molar-refractivity contribution is -0.142. The maximum atomic E-state index is 13.5. The zero-order valence-corrected chi connectivity index (χ0v) is 15.4. The molecule has 1 aromatic carbocycles. The van der Waals surface area contributed by atoms with Crippen molar-refractivity contribution in [2.75, 3.05) is 0 Å². The van der Waals surface area contributed by atoms with Crippen LogP contribution in [-0.2, 0) is 12.7 Å². The van der Waals surface area contributed by atoms with Gasteiger partial charge in [-0.15, -0.1) is 11.3 Å². The fourth-order valence-electron chi connectivity index (χ4n) is 2.71. The van der Waals surface area contributed by atoms with Gasteiger partial charge in [-0.2, -0.15) is 18.3 Å². The van der Waals surface area contributed by atoms with E-state index in [-0.39, 0.29) is 23.6 Å². The summed E-state index contributed by atoms with van der Waals surface area (Å²) in [5.74, 6) is -1.07. The van der Waals surface area contributed by atoms with Gasteiger partial charge in [-0.05, 0) is 35.2 Å². The predicted octanol–water partition coefficient (Wildman–Crippen LogP) is 4.55. The molecule has 3 heterocycles. The molecule has 0 aliphatic rings. The molecule has 0 unspecified atom stereocenters. The summed E-state index contributed by atoms with van der Waals surface area (Å²) in [7, 11) is 0. The third-order valence-electron chi connectivity index (χ3n) is 4.09. The minimum absolute atomic E-state index is 0.0764. The molecule has 1 amide bonds. The third kappa shape index (κ3) is 3.97. The van der Waals surface area contributed by atoms with Gasteiger partial charge in [-0.1, -0.05) is 18.2 Å². The van der Waals surface area contributed by atoms with Gasteiger partial charge in [0.25, 0.3) is 5.91 Å². The molecule has 4 aromatic rings. The van der Waals surface area contributed by atoms with Crippen molar-refractivity contribution in [2.45, 2.75) is 12.7 Å². The summed E-state index contributed by atoms with van der Waals surface area (Å²) < 4.78 is 54.2. The molecule has 3 aromatic heterocycles. The second-order valence-electron chi connectivity index (χ2n) is 6.11. The van der Waals surface area contributed by atoms with Crippen molar-refractivity contribution < 1.29 is 22.4 Å². The average Bonchev–Trinajstić information content (AvgIpc) is 3.35. The smallest absolute Gasteiger partial charge is 0.347 e. The first-order chi connectivity index (χ1) is 13.8. The van der Waals surface area contributed by atoms with E-state index in [0.29, 0.717) is 15.0 Å². The third-order valence-corrected chi connectivity index (χ3v) is 4.98. The maximum absolute atomic E-state index is 13.5. The van der Waals surface area contributed by atoms with E-state index in [9.17, 15) is 22.4 Å². The minimum Gasteiger partial charge on any atom is -0.347 e. The summed E-state index contributed by atoms with van der Waals surface area (Å²) in [4.78, 5) is 17.1. The van der Waals surface area contributed by atoms with Crippen LogP contribution in [0.1, 0.15) is 21.7 Å². The number of rotatable bonds is 4. The molecule has 1 N–H and O–H groups in total. The number of nitrogens with zero attached hydrogens (tertiary/aromatic N) is 3. The molecule has 0 atom stereocenters. The quantitative estimate of drug-likeness (QED) is 0.493. The van der Waals surface area contributed by atoms with E-state index < -0.39 is 23.6 Å². The van der Waals surface area contributed by atoms with E-state index in [2.05, 4.69) is 15.4 Å². The van der Waals surface area contributed by atoms with Crippen LogP contribution >= 0.6 is 11.3 Å². The molecule has 0 aliphatic carbocycles. The highest BCUT2D eigenvalue weighted by Gasteiger charge is 2.35. The molecule has 0 saturated heterocycles. The lowest BCUT2D eigenvalue weighted by Gasteiger charge is -2.10. The number of carbonyl (C=O) groups is 1. The molecule has 0 bridgehead atoms. The SMILES string of the molecule is O=C(NCc1ccc(F)cc1)c1cc2nc(-c3cccs3)cc(C(F)(F)F)n2n1. The second-order valence-corrected chi connectivity index (χ2v) is 7.06. The van der Waals surface area contributed by atoms with E-state index in [4.69, 9.17) is 0 Å². The summed E-state index contributed by atoms with van der Waals surface area (Å²) in [5.41, 5.74) is -0.525. The normalized spacial score (nSPS) is 11.7. The number of aromatic nitrogens is 3. The number of alkyl halides is 3. The lowest BCUT2D eigenvalue weighted by atomic mass is 10.2. The first-order valence-electron chi connectivity index (χ1n) is 8.36. The van der Waals surface area contributed by atoms with Gasteiger partial charge in [0, 0.05) is 12.6 Å². The van der Waals surface area contributed by atoms with E-state index in [0.717, 1.165) is 6.07 Å². The summed E-state index contributed by atoms with van der Waals surface area (Å²) >= 11 is 1.26. The second kappa shape index (κ2) is 7.28. The number of thiophene rings is 1. The van der Waals surface area contributed by atoms with Crippen LogP contribution in [0, 0.1) is 5.82 Å². The Morgan fingerprint density at radius 2 is 1.90 bits per heavy atom. The Morgan fingerprint density at radius 3 is 2.55 bits per heavy atom. The number of carbonyl (C=O) groups excluding carboxylic acids is 1. The molecule has 29 heavy (non-hydrogen) atoms. The van der Waals surface area contributed by atoms with Crippen molar-refractivity contribution in [3.8, 4) is 10.6 Å². The van der Waals surface area contributed by atoms with Gasteiger partial charge in [-0.25, -0.2) is 13.9 Å². The van der Waals surface area contributed by atoms with Crippen LogP contribution in [0.4, 0.5) is 17.6 Å². The Balaban J connectivity index is 1.67. The van der Waals surface area contributed by atoms with Gasteiger partial charge in [0.05, 0.1) is 10.6 Å². The van der Waals surface area contributed by atoms with E-state index in [1.807, 2.05) is 0 Å². The molecule has 0 fully saturated rings. The van der Waals surface area contributed by atoms with Crippen LogP contribution in [0.25, 0.3) is 16.2 Å². The van der Waals surface area contributed by atoms with Gasteiger partial charge in [0.2, 0.25) is 0 Å². The Bertz CT molecular complexity index is 1170. The molecule has 4 rings (SSSR count). The number of fused-ring (bicyclic) bond motifs is 1. The van der Waals surface area contributed by atoms with Crippen LogP contribution < -0.4 is 5.32 Å². The molecule has 5 nitrogen and oxygen atoms in total. The average molecular weight is 420 g/mol. The van der Waals surface area contributed by atoms with Crippen molar-refractivity contribution >= 4 is 22.9 Å². The topological polar surface area (TPSA) is 59.3 Å². The van der Waals surface area contributed by atoms with E-state index in [1.165, 1.54) is 41.7 Å². The minimum atomic E-state index is -4.68. The lowest BCUT2D eigenvalue weighted by Crippen LogP contribution is -2.23. The van der Waals surface area contributed by atoms with Crippen LogP contribution in [-0.4, -0.2) is 20.5 Å². The first kappa shape index (κ1) is 19.1. The zero-order chi connectivity index (χ0) is 20.6. The summed E-state index contributed by atoms with van der Waals surface area (Å²) in [5, 5.41) is 8.08. The van der Waals surface area contributed by atoms with E-state index >= 15 is 0 Å². The number of hydrogen-bond acceptors (Lipinski definition) is 4. The fraction of sp³-hybridized carbons (Fsp3) is 0.105. The standard InChI is InChI=1S/C19H12F4N4OS/c20-12-5-3-11(4-6-12)10-24-18(28)14-9-17-25-13(15-2-1-7-29-15)8-16(19(21,22)23)27(17)26-14/h1-9H,10H2,(H,24,28). The number of halogens is 4. The molecule has 0 aliphatic heterocycles. The van der Waals surface area contributed by atoms with Crippen LogP contribution in [0.15, 0.2) is 53.9 Å². The van der Waals surface area contributed by atoms with Crippen molar-refractivity contribution in [2.24, 2.45) is 0 Å². The Morgan fingerprint density at radius 1 is 1.14 bits per heavy atom. The number of hydrogen-bond donors (Lipinski definition) is 1. The summed E-state index contributed by atoms with van der Waals surface area (Å²) in [6.45, 7) is 0.0764. The number of amides is 1. The first-order valence-corrected chi connectivity index (χ1v) is 9.24. The monoisotopic (exact) mass is 420 g/mol. The molecular formula is C19H12F4N4OS. The molecule has 148 valence electrons. The molecule has 10 heteroatoms. The molecule has 0 spiro atoms. The van der Waals surface area contributed by atoms with Crippen molar-refractivity contribution in [3.05, 3.63) is 76.7 Å². The number of nitrogens with one attached hydrogen (secondary N) is 1. The Hall–Kier alpha value is -3.27. The highest BCUT2D eigenvalue weighted by atomic mass is 32.1. The highest BCUT2D eigenvalue weighted by molar-refractivity contribution is 7.13. The Labute approximate surface area is 165 Å². The van der Waals surface area contributed by atoms with Crippen molar-refractivity contribution in [1.29, 1.82) is 0 Å². The summed E-state index contributed by atoms with van der Waals surface area (Å²) in [6.07, 6.45) is -4.68. The number of benzene rings is 1. The van der Waals surface area contributed by atoms with Crippen LogP contribution in [0.3, 0.4) is 0 Å². The Kier molecular flexibility index (Phi) is 4.79. The zero-order valence-electron chi connectivity index (χ0n) is 14.6. The molecular weight excluding hydrogens is 408 g/mol.